The molecule has 14 nitrogen and oxygen atoms in total. The standard InChI is InChI=1S/C36H41N3O11S3/c1-36(2)28-19-30-21(6-3-14-39(30)20-23-9-10-24(52(45,46)47)18-31(23)53(48,49)50)16-26(28)33(37-29(35(40)41)11-15-51(42,43)44)27-17-22-7-4-12-38-13-5-8-25(32(27)36)34(22)38/h9-10,16-19,29H,3-8,11-15,20H2,1-2H3,(H4,40,41,42,43,44,45,46,47,48,49,50)/p+1. The molecule has 0 spiro atoms. The predicted molar refractivity (Wildman–Crippen MR) is 195 cm³/mol. The van der Waals surface area contributed by atoms with E-state index >= 15 is 0 Å². The molecule has 1 aliphatic carbocycles. The van der Waals surface area contributed by atoms with Crippen molar-refractivity contribution < 1.29 is 48.8 Å². The molecule has 7 rings (SSSR count). The second-order valence-electron chi connectivity index (χ2n) is 14.9. The van der Waals surface area contributed by atoms with Gasteiger partial charge in [0.05, 0.1) is 16.3 Å². The summed E-state index contributed by atoms with van der Waals surface area (Å²) in [5.41, 5.74) is 6.84. The van der Waals surface area contributed by atoms with Gasteiger partial charge in [0.15, 0.2) is 0 Å². The fourth-order valence-electron chi connectivity index (χ4n) is 8.77. The first-order chi connectivity index (χ1) is 24.7. The Balaban J connectivity index is 1.43. The summed E-state index contributed by atoms with van der Waals surface area (Å²) >= 11 is 0. The van der Waals surface area contributed by atoms with E-state index in [2.05, 4.69) is 29.8 Å². The lowest BCUT2D eigenvalue weighted by Gasteiger charge is -2.40. The topological polar surface area (TPSA) is 219 Å². The van der Waals surface area contributed by atoms with Crippen LogP contribution in [0.2, 0.25) is 0 Å². The van der Waals surface area contributed by atoms with Crippen molar-refractivity contribution in [3.63, 3.8) is 0 Å². The van der Waals surface area contributed by atoms with Gasteiger partial charge in [0.1, 0.15) is 24.0 Å². The molecule has 0 saturated carbocycles. The largest absolute Gasteiger partial charge is 0.480 e. The van der Waals surface area contributed by atoms with E-state index in [0.717, 1.165) is 84.1 Å². The van der Waals surface area contributed by atoms with Gasteiger partial charge in [-0.15, -0.1) is 0 Å². The molecule has 4 aliphatic rings. The zero-order valence-corrected chi connectivity index (χ0v) is 31.7. The summed E-state index contributed by atoms with van der Waals surface area (Å²) in [6.07, 6.45) is 4.57. The van der Waals surface area contributed by atoms with Crippen molar-refractivity contribution in [2.75, 3.05) is 30.3 Å². The number of carbonyl (C=O) groups is 1. The van der Waals surface area contributed by atoms with E-state index in [0.29, 0.717) is 25.1 Å². The Kier molecular flexibility index (Phi) is 9.30. The lowest BCUT2D eigenvalue weighted by Crippen LogP contribution is -2.50. The molecule has 1 atom stereocenters. The third kappa shape index (κ3) is 6.98. The zero-order chi connectivity index (χ0) is 38.2. The van der Waals surface area contributed by atoms with E-state index in [1.807, 2.05) is 17.0 Å². The summed E-state index contributed by atoms with van der Waals surface area (Å²) < 4.78 is 103. The van der Waals surface area contributed by atoms with E-state index < -0.39 is 63.3 Å². The number of aliphatic carboxylic acids is 1. The molecule has 0 aromatic heterocycles. The van der Waals surface area contributed by atoms with E-state index in [1.165, 1.54) is 22.6 Å². The van der Waals surface area contributed by atoms with Crippen LogP contribution in [-0.4, -0.2) is 81.4 Å². The fourth-order valence-corrected chi connectivity index (χ4v) is 10.6. The van der Waals surface area contributed by atoms with Gasteiger partial charge in [0, 0.05) is 58.9 Å². The quantitative estimate of drug-likeness (QED) is 0.146. The minimum Gasteiger partial charge on any atom is -0.480 e. The van der Waals surface area contributed by atoms with Crippen LogP contribution in [0.4, 0.5) is 5.69 Å². The lowest BCUT2D eigenvalue weighted by molar-refractivity contribution is -0.139. The Morgan fingerprint density at radius 3 is 2.26 bits per heavy atom. The highest BCUT2D eigenvalue weighted by molar-refractivity contribution is 7.86. The van der Waals surface area contributed by atoms with Crippen molar-refractivity contribution in [3.05, 3.63) is 85.9 Å². The molecule has 3 aromatic rings. The molecule has 0 amide bonds. The van der Waals surface area contributed by atoms with Gasteiger partial charge >= 0.3 is 5.97 Å². The second-order valence-corrected chi connectivity index (χ2v) is 19.2. The average Bonchev–Trinajstić information content (AvgIpc) is 3.06. The number of rotatable bonds is 10. The van der Waals surface area contributed by atoms with Crippen LogP contribution in [0.5, 0.6) is 0 Å². The number of nitrogens with zero attached hydrogens (tertiary/aromatic N) is 2. The maximum atomic E-state index is 12.6. The summed E-state index contributed by atoms with van der Waals surface area (Å²) in [5, 5.41) is 15.6. The Morgan fingerprint density at radius 1 is 0.906 bits per heavy atom. The van der Waals surface area contributed by atoms with Crippen LogP contribution in [0.3, 0.4) is 0 Å². The number of carboxylic acid groups (broad SMARTS) is 1. The van der Waals surface area contributed by atoms with Crippen LogP contribution in [0, 0.1) is 0 Å². The third-order valence-electron chi connectivity index (χ3n) is 11.1. The lowest BCUT2D eigenvalue weighted by atomic mass is 9.67. The molecule has 0 bridgehead atoms. The molecule has 0 saturated heterocycles. The average molecular weight is 789 g/mol. The monoisotopic (exact) mass is 788 g/mol. The minimum atomic E-state index is -4.88. The first-order valence-electron chi connectivity index (χ1n) is 17.5. The van der Waals surface area contributed by atoms with Crippen molar-refractivity contribution in [2.24, 2.45) is 0 Å². The van der Waals surface area contributed by atoms with Crippen molar-refractivity contribution in [1.29, 1.82) is 0 Å². The Hall–Kier alpha value is -3.87. The summed E-state index contributed by atoms with van der Waals surface area (Å²) in [5.74, 6) is -2.01. The zero-order valence-electron chi connectivity index (χ0n) is 29.3. The minimum absolute atomic E-state index is 0.0110. The Labute approximate surface area is 308 Å². The molecule has 0 fully saturated rings. The van der Waals surface area contributed by atoms with Crippen LogP contribution in [0.25, 0.3) is 5.70 Å². The summed E-state index contributed by atoms with van der Waals surface area (Å²) in [6.45, 7) is 6.64. The molecule has 5 N–H and O–H groups in total. The highest BCUT2D eigenvalue weighted by atomic mass is 32.2. The summed E-state index contributed by atoms with van der Waals surface area (Å²) in [7, 11) is -14.1. The van der Waals surface area contributed by atoms with Crippen LogP contribution < -0.4 is 25.4 Å². The smallest absolute Gasteiger partial charge is 0.326 e. The molecule has 17 heteroatoms. The van der Waals surface area contributed by atoms with Gasteiger partial charge in [-0.25, -0.2) is 9.37 Å². The molecule has 0 radical (unpaired) electrons. The highest BCUT2D eigenvalue weighted by Gasteiger charge is 2.40. The first kappa shape index (κ1) is 37.4. The van der Waals surface area contributed by atoms with Gasteiger partial charge in [-0.1, -0.05) is 19.9 Å². The Bertz CT molecular complexity index is 2550. The summed E-state index contributed by atoms with van der Waals surface area (Å²) in [4.78, 5) is 13.3. The summed E-state index contributed by atoms with van der Waals surface area (Å²) in [6, 6.07) is 7.94. The van der Waals surface area contributed by atoms with Gasteiger partial charge in [0.2, 0.25) is 5.36 Å². The maximum Gasteiger partial charge on any atom is 0.326 e. The van der Waals surface area contributed by atoms with Crippen LogP contribution in [0.1, 0.15) is 78.5 Å². The van der Waals surface area contributed by atoms with Crippen LogP contribution in [-0.2, 0) is 66.4 Å². The number of fused-ring (bicyclic) bond motifs is 4. The van der Waals surface area contributed by atoms with Gasteiger partial charge in [-0.2, -0.15) is 25.3 Å². The van der Waals surface area contributed by atoms with Gasteiger partial charge in [-0.05, 0) is 84.7 Å². The number of carboxylic acids is 1. The third-order valence-corrected chi connectivity index (χ3v) is 13.6. The number of aryl methyl sites for hydroxylation is 2. The number of benzene rings is 3. The Morgan fingerprint density at radius 2 is 1.60 bits per heavy atom. The van der Waals surface area contributed by atoms with E-state index in [1.54, 1.807) is 0 Å². The highest BCUT2D eigenvalue weighted by Crippen LogP contribution is 2.44. The molecule has 3 aromatic carbocycles. The number of hydrogen-bond acceptors (Lipinski definition) is 9. The molecule has 1 unspecified atom stereocenters. The first-order valence-corrected chi connectivity index (χ1v) is 22.0. The SMILES string of the molecule is CC1(C)c2cc3c(cc2C(NC(CCS(=O)(=O)O)C(=O)O)=c2cc4c5c(c21)CCC[N+]=5CCC4)CCCN3Cc1ccc(S(=O)(=O)O)cc1S(=O)(=O)O. The van der Waals surface area contributed by atoms with Crippen molar-refractivity contribution in [3.8, 4) is 0 Å². The molecule has 3 heterocycles. The van der Waals surface area contributed by atoms with Gasteiger partial charge in [-0.3, -0.25) is 13.7 Å². The van der Waals surface area contributed by atoms with E-state index in [-0.39, 0.29) is 18.5 Å². The normalized spacial score (nSPS) is 18.4. The van der Waals surface area contributed by atoms with Crippen molar-refractivity contribution in [1.82, 2.24) is 9.89 Å². The van der Waals surface area contributed by atoms with Gasteiger partial charge < -0.3 is 15.3 Å². The van der Waals surface area contributed by atoms with Crippen molar-refractivity contribution >= 4 is 47.7 Å². The van der Waals surface area contributed by atoms with E-state index in [4.69, 9.17) is 0 Å². The fraction of sp³-hybridized carbons (Fsp3) is 0.444. The molecule has 3 aliphatic heterocycles. The second kappa shape index (κ2) is 13.2. The molecular formula is C36H42N3O11S3+. The molecular weight excluding hydrogens is 747 g/mol. The van der Waals surface area contributed by atoms with E-state index in [9.17, 15) is 48.8 Å². The number of anilines is 1. The molecule has 53 heavy (non-hydrogen) atoms. The van der Waals surface area contributed by atoms with Crippen LogP contribution in [0.15, 0.2) is 46.2 Å². The number of hydrogen-bond donors (Lipinski definition) is 5. The van der Waals surface area contributed by atoms with Crippen LogP contribution >= 0.6 is 0 Å². The predicted octanol–water partition coefficient (Wildman–Crippen LogP) is 1.63. The number of nitrogens with one attached hydrogen (secondary N) is 1. The van der Waals surface area contributed by atoms with Gasteiger partial charge in [0.25, 0.3) is 30.4 Å². The molecule has 284 valence electrons. The maximum absolute atomic E-state index is 12.6. The van der Waals surface area contributed by atoms with Crippen molar-refractivity contribution in [2.45, 2.75) is 86.6 Å².